The molecule has 1 heterocycles. The number of carboxylic acid groups (broad SMARTS) is 1. The third-order valence-corrected chi connectivity index (χ3v) is 4.81. The van der Waals surface area contributed by atoms with Gasteiger partial charge in [-0.1, -0.05) is 49.4 Å². The second-order valence-electron chi connectivity index (χ2n) is 6.51. The fourth-order valence-electron chi connectivity index (χ4n) is 3.15. The minimum absolute atomic E-state index is 0.0663. The summed E-state index contributed by atoms with van der Waals surface area (Å²) in [5, 5.41) is 20.7. The van der Waals surface area contributed by atoms with E-state index < -0.39 is 5.97 Å². The van der Waals surface area contributed by atoms with Gasteiger partial charge in [0.1, 0.15) is 5.56 Å². The Balaban J connectivity index is 2.16. The van der Waals surface area contributed by atoms with Gasteiger partial charge in [-0.15, -0.1) is 0 Å². The molecule has 1 aromatic heterocycles. The predicted octanol–water partition coefficient (Wildman–Crippen LogP) is 4.60. The number of hydrogen-bond donors (Lipinski definition) is 2. The van der Waals surface area contributed by atoms with Crippen LogP contribution in [0.2, 0.25) is 0 Å². The zero-order chi connectivity index (χ0) is 18.1. The van der Waals surface area contributed by atoms with E-state index in [1.54, 1.807) is 6.07 Å². The molecule has 0 aliphatic heterocycles. The first-order valence-electron chi connectivity index (χ1n) is 8.30. The van der Waals surface area contributed by atoms with E-state index >= 15 is 0 Å². The number of benzene rings is 2. The molecule has 3 rings (SSSR count). The quantitative estimate of drug-likeness (QED) is 0.731. The molecule has 0 amide bonds. The Bertz CT molecular complexity index is 949. The highest BCUT2D eigenvalue weighted by atomic mass is 16.4. The third kappa shape index (κ3) is 3.07. The number of pyridine rings is 1. The third-order valence-electron chi connectivity index (χ3n) is 4.81. The van der Waals surface area contributed by atoms with Gasteiger partial charge in [0.25, 0.3) is 0 Å². The van der Waals surface area contributed by atoms with Crippen molar-refractivity contribution in [2.24, 2.45) is 0 Å². The summed E-state index contributed by atoms with van der Waals surface area (Å²) in [5.41, 5.74) is 4.11. The number of carbonyl (C=O) groups is 1. The van der Waals surface area contributed by atoms with Crippen molar-refractivity contribution in [2.45, 2.75) is 33.1 Å². The van der Waals surface area contributed by atoms with Crippen molar-refractivity contribution >= 4 is 16.9 Å². The molecule has 0 spiro atoms. The fraction of sp³-hybridized carbons (Fsp3) is 0.238. The van der Waals surface area contributed by atoms with Crippen LogP contribution in [0.25, 0.3) is 10.9 Å². The minimum atomic E-state index is -1.14. The second kappa shape index (κ2) is 6.55. The summed E-state index contributed by atoms with van der Waals surface area (Å²) in [6, 6.07) is 13.5. The lowest BCUT2D eigenvalue weighted by molar-refractivity contribution is 0.0695. The van der Waals surface area contributed by atoms with Gasteiger partial charge in [0.15, 0.2) is 5.75 Å². The van der Waals surface area contributed by atoms with Crippen LogP contribution in [-0.2, 0) is 6.42 Å². The topological polar surface area (TPSA) is 70.4 Å². The van der Waals surface area contributed by atoms with Gasteiger partial charge in [0.05, 0.1) is 11.2 Å². The van der Waals surface area contributed by atoms with Gasteiger partial charge >= 0.3 is 5.97 Å². The average molecular weight is 335 g/mol. The van der Waals surface area contributed by atoms with Gasteiger partial charge in [-0.05, 0) is 36.5 Å². The molecule has 0 bridgehead atoms. The Kier molecular flexibility index (Phi) is 4.45. The highest BCUT2D eigenvalue weighted by Crippen LogP contribution is 2.34. The van der Waals surface area contributed by atoms with Crippen LogP contribution in [0, 0.1) is 13.8 Å². The lowest BCUT2D eigenvalue weighted by atomic mass is 9.93. The monoisotopic (exact) mass is 335 g/mol. The van der Waals surface area contributed by atoms with E-state index in [2.05, 4.69) is 4.98 Å². The standard InChI is InChI=1S/C21H21NO3/c1-12-9-10-16-18(21(24)25)20(23)17(22-19(16)14(12)3)11-13(2)15-7-5-4-6-8-15/h4-10,13,23H,11H2,1-3H3,(H,24,25). The molecular formula is C21H21NO3. The maximum absolute atomic E-state index is 11.8. The van der Waals surface area contributed by atoms with Crippen molar-refractivity contribution in [3.63, 3.8) is 0 Å². The number of carboxylic acids is 1. The molecule has 0 radical (unpaired) electrons. The molecule has 0 saturated heterocycles. The molecule has 128 valence electrons. The first-order chi connectivity index (χ1) is 11.9. The van der Waals surface area contributed by atoms with Gasteiger partial charge in [-0.2, -0.15) is 0 Å². The fourth-order valence-corrected chi connectivity index (χ4v) is 3.15. The van der Waals surface area contributed by atoms with E-state index in [1.807, 2.05) is 57.2 Å². The molecule has 1 unspecified atom stereocenters. The number of aromatic carboxylic acids is 1. The molecule has 0 fully saturated rings. The molecule has 0 aliphatic rings. The highest BCUT2D eigenvalue weighted by molar-refractivity contribution is 6.06. The Morgan fingerprint density at radius 2 is 1.80 bits per heavy atom. The van der Waals surface area contributed by atoms with Crippen molar-refractivity contribution in [3.05, 3.63) is 70.4 Å². The number of aromatic hydroxyl groups is 1. The molecular weight excluding hydrogens is 314 g/mol. The number of aromatic nitrogens is 1. The summed E-state index contributed by atoms with van der Waals surface area (Å²) in [6.45, 7) is 5.94. The summed E-state index contributed by atoms with van der Waals surface area (Å²) in [7, 11) is 0. The van der Waals surface area contributed by atoms with Gasteiger partial charge in [0, 0.05) is 11.8 Å². The van der Waals surface area contributed by atoms with E-state index in [9.17, 15) is 15.0 Å². The van der Waals surface area contributed by atoms with Crippen LogP contribution in [0.3, 0.4) is 0 Å². The van der Waals surface area contributed by atoms with Crippen molar-refractivity contribution in [2.75, 3.05) is 0 Å². The van der Waals surface area contributed by atoms with Crippen molar-refractivity contribution in [1.82, 2.24) is 4.98 Å². The van der Waals surface area contributed by atoms with Gasteiger partial charge in [-0.25, -0.2) is 9.78 Å². The number of fused-ring (bicyclic) bond motifs is 1. The summed E-state index contributed by atoms with van der Waals surface area (Å²) in [4.78, 5) is 16.4. The molecule has 2 N–H and O–H groups in total. The summed E-state index contributed by atoms with van der Waals surface area (Å²) in [5.74, 6) is -1.25. The molecule has 1 atom stereocenters. The predicted molar refractivity (Wildman–Crippen MR) is 98.4 cm³/mol. The molecule has 25 heavy (non-hydrogen) atoms. The number of rotatable bonds is 4. The van der Waals surface area contributed by atoms with Crippen LogP contribution in [-0.4, -0.2) is 21.2 Å². The Morgan fingerprint density at radius 3 is 2.44 bits per heavy atom. The van der Waals surface area contributed by atoms with Crippen LogP contribution < -0.4 is 0 Å². The normalized spacial score (nSPS) is 12.3. The van der Waals surface area contributed by atoms with Gasteiger partial charge in [0.2, 0.25) is 0 Å². The number of nitrogens with zero attached hydrogens (tertiary/aromatic N) is 1. The molecule has 4 heteroatoms. The van der Waals surface area contributed by atoms with E-state index in [4.69, 9.17) is 0 Å². The first-order valence-corrected chi connectivity index (χ1v) is 8.30. The molecule has 0 aliphatic carbocycles. The lowest BCUT2D eigenvalue weighted by Gasteiger charge is -2.16. The van der Waals surface area contributed by atoms with E-state index in [0.717, 1.165) is 16.7 Å². The summed E-state index contributed by atoms with van der Waals surface area (Å²) in [6.07, 6.45) is 0.472. The SMILES string of the molecule is Cc1ccc2c(C(=O)O)c(O)c(CC(C)c3ccccc3)nc2c1C. The summed E-state index contributed by atoms with van der Waals surface area (Å²) >= 11 is 0. The van der Waals surface area contributed by atoms with Crippen LogP contribution in [0.5, 0.6) is 5.75 Å². The summed E-state index contributed by atoms with van der Waals surface area (Å²) < 4.78 is 0. The number of aryl methyl sites for hydroxylation is 2. The first kappa shape index (κ1) is 17.0. The van der Waals surface area contributed by atoms with Crippen LogP contribution in [0.4, 0.5) is 0 Å². The zero-order valence-corrected chi connectivity index (χ0v) is 14.6. The van der Waals surface area contributed by atoms with Crippen LogP contribution in [0.1, 0.15) is 45.6 Å². The molecule has 3 aromatic rings. The largest absolute Gasteiger partial charge is 0.505 e. The number of hydrogen-bond acceptors (Lipinski definition) is 3. The molecule has 4 nitrogen and oxygen atoms in total. The molecule has 2 aromatic carbocycles. The Labute approximate surface area is 146 Å². The van der Waals surface area contributed by atoms with Crippen LogP contribution >= 0.6 is 0 Å². The average Bonchev–Trinajstić information content (AvgIpc) is 2.60. The van der Waals surface area contributed by atoms with E-state index in [0.29, 0.717) is 23.0 Å². The lowest BCUT2D eigenvalue weighted by Crippen LogP contribution is -2.07. The maximum atomic E-state index is 11.8. The second-order valence-corrected chi connectivity index (χ2v) is 6.51. The maximum Gasteiger partial charge on any atom is 0.340 e. The van der Waals surface area contributed by atoms with Crippen LogP contribution in [0.15, 0.2) is 42.5 Å². The smallest absolute Gasteiger partial charge is 0.340 e. The Hall–Kier alpha value is -2.88. The van der Waals surface area contributed by atoms with Gasteiger partial charge < -0.3 is 10.2 Å². The minimum Gasteiger partial charge on any atom is -0.505 e. The highest BCUT2D eigenvalue weighted by Gasteiger charge is 2.22. The zero-order valence-electron chi connectivity index (χ0n) is 14.6. The van der Waals surface area contributed by atoms with Crippen molar-refractivity contribution in [1.29, 1.82) is 0 Å². The molecule has 0 saturated carbocycles. The van der Waals surface area contributed by atoms with E-state index in [-0.39, 0.29) is 17.2 Å². The van der Waals surface area contributed by atoms with Crippen molar-refractivity contribution in [3.8, 4) is 5.75 Å². The Morgan fingerprint density at radius 1 is 1.12 bits per heavy atom. The van der Waals surface area contributed by atoms with Crippen molar-refractivity contribution < 1.29 is 15.0 Å². The van der Waals surface area contributed by atoms with E-state index in [1.165, 1.54) is 0 Å². The van der Waals surface area contributed by atoms with Gasteiger partial charge in [-0.3, -0.25) is 0 Å².